The van der Waals surface area contributed by atoms with Gasteiger partial charge in [-0.15, -0.1) is 0 Å². The highest BCUT2D eigenvalue weighted by molar-refractivity contribution is 8.00. The molecule has 0 spiro atoms. The molecule has 9 heteroatoms. The van der Waals surface area contributed by atoms with Gasteiger partial charge in [0.1, 0.15) is 0 Å². The number of hydrogen-bond donors (Lipinski definition) is 0. The van der Waals surface area contributed by atoms with Crippen molar-refractivity contribution in [1.82, 2.24) is 4.98 Å². The molecule has 0 aliphatic rings. The normalized spacial score (nSPS) is 11.4. The highest BCUT2D eigenvalue weighted by Crippen LogP contribution is 2.39. The number of alkyl halides is 3. The zero-order chi connectivity index (χ0) is 17.2. The first-order chi connectivity index (χ1) is 10.7. The third-order valence-corrected chi connectivity index (χ3v) is 4.01. The minimum atomic E-state index is -4.40. The Bertz CT molecular complexity index is 753. The summed E-state index contributed by atoms with van der Waals surface area (Å²) in [4.78, 5) is 15.6. The summed E-state index contributed by atoms with van der Waals surface area (Å²) >= 11 is 11.6. The quantitative estimate of drug-likeness (QED) is 0.523. The van der Waals surface area contributed by atoms with Crippen molar-refractivity contribution in [2.45, 2.75) is 10.4 Å². The molecular formula is C14H8Cl2F3NO2S. The molecule has 122 valence electrons. The third kappa shape index (κ3) is 4.53. The van der Waals surface area contributed by atoms with Crippen LogP contribution in [0.15, 0.2) is 35.2 Å². The third-order valence-electron chi connectivity index (χ3n) is 2.67. The first-order valence-electron chi connectivity index (χ1n) is 6.02. The van der Waals surface area contributed by atoms with Gasteiger partial charge >= 0.3 is 11.5 Å². The lowest BCUT2D eigenvalue weighted by Gasteiger charge is -2.10. The lowest BCUT2D eigenvalue weighted by atomic mass is 10.1. The fraction of sp³-hybridized carbons (Fsp3) is 0.143. The molecule has 0 aliphatic carbocycles. The molecule has 2 aromatic rings. The van der Waals surface area contributed by atoms with Crippen molar-refractivity contribution in [3.05, 3.63) is 46.1 Å². The number of halogens is 5. The number of carbonyl (C=O) groups excluding carboxylic acids is 1. The van der Waals surface area contributed by atoms with Crippen LogP contribution in [-0.4, -0.2) is 23.6 Å². The van der Waals surface area contributed by atoms with E-state index in [1.165, 1.54) is 37.4 Å². The summed E-state index contributed by atoms with van der Waals surface area (Å²) in [6.45, 7) is 0. The van der Waals surface area contributed by atoms with Crippen LogP contribution in [0.4, 0.5) is 13.2 Å². The van der Waals surface area contributed by atoms with Gasteiger partial charge in [-0.1, -0.05) is 29.3 Å². The second-order valence-electron chi connectivity index (χ2n) is 4.21. The Balaban J connectivity index is 2.41. The fourth-order valence-corrected chi connectivity index (χ4v) is 2.84. The Morgan fingerprint density at radius 3 is 2.43 bits per heavy atom. The van der Waals surface area contributed by atoms with Crippen LogP contribution >= 0.6 is 35.0 Å². The lowest BCUT2D eigenvalue weighted by Crippen LogP contribution is -2.06. The molecule has 0 amide bonds. The van der Waals surface area contributed by atoms with E-state index >= 15 is 0 Å². The van der Waals surface area contributed by atoms with E-state index in [0.717, 1.165) is 0 Å². The molecule has 0 unspecified atom stereocenters. The summed E-state index contributed by atoms with van der Waals surface area (Å²) in [6.07, 6.45) is 0. The number of pyridine rings is 1. The number of methoxy groups -OCH3 is 1. The van der Waals surface area contributed by atoms with Crippen molar-refractivity contribution in [2.75, 3.05) is 7.11 Å². The van der Waals surface area contributed by atoms with Crippen LogP contribution in [0.5, 0.6) is 0 Å². The van der Waals surface area contributed by atoms with Crippen molar-refractivity contribution < 1.29 is 22.7 Å². The molecule has 0 saturated carbocycles. The summed E-state index contributed by atoms with van der Waals surface area (Å²) in [7, 11) is 1.18. The molecule has 0 aliphatic heterocycles. The largest absolute Gasteiger partial charge is 0.464 e. The van der Waals surface area contributed by atoms with Gasteiger partial charge in [0.25, 0.3) is 0 Å². The van der Waals surface area contributed by atoms with Crippen molar-refractivity contribution in [1.29, 1.82) is 0 Å². The maximum Gasteiger partial charge on any atom is 0.446 e. The zero-order valence-corrected chi connectivity index (χ0v) is 13.8. The number of carbonyl (C=O) groups is 1. The van der Waals surface area contributed by atoms with E-state index in [-0.39, 0.29) is 32.4 Å². The maximum absolute atomic E-state index is 12.4. The number of esters is 1. The first-order valence-corrected chi connectivity index (χ1v) is 7.59. The van der Waals surface area contributed by atoms with Crippen molar-refractivity contribution in [3.8, 4) is 11.3 Å². The van der Waals surface area contributed by atoms with Gasteiger partial charge in [0, 0.05) is 10.5 Å². The van der Waals surface area contributed by atoms with E-state index in [1.807, 2.05) is 0 Å². The maximum atomic E-state index is 12.4. The van der Waals surface area contributed by atoms with Gasteiger partial charge in [0.05, 0.1) is 22.8 Å². The molecule has 1 aromatic carbocycles. The van der Waals surface area contributed by atoms with E-state index in [4.69, 9.17) is 23.2 Å². The Morgan fingerprint density at radius 1 is 1.17 bits per heavy atom. The Morgan fingerprint density at radius 2 is 1.87 bits per heavy atom. The smallest absolute Gasteiger partial charge is 0.446 e. The summed E-state index contributed by atoms with van der Waals surface area (Å²) in [6, 6.07) is 6.79. The number of rotatable bonds is 3. The Kier molecular flexibility index (Phi) is 5.44. The van der Waals surface area contributed by atoms with E-state index in [9.17, 15) is 18.0 Å². The second kappa shape index (κ2) is 6.98. The molecular weight excluding hydrogens is 374 g/mol. The molecule has 0 N–H and O–H groups in total. The number of benzene rings is 1. The summed E-state index contributed by atoms with van der Waals surface area (Å²) < 4.78 is 41.7. The molecule has 0 bridgehead atoms. The van der Waals surface area contributed by atoms with Crippen LogP contribution in [0.25, 0.3) is 11.3 Å². The molecule has 0 saturated heterocycles. The van der Waals surface area contributed by atoms with Crippen molar-refractivity contribution >= 4 is 40.9 Å². The van der Waals surface area contributed by atoms with Gasteiger partial charge in [-0.3, -0.25) is 0 Å². The minimum Gasteiger partial charge on any atom is -0.464 e. The molecule has 1 heterocycles. The van der Waals surface area contributed by atoms with E-state index in [2.05, 4.69) is 9.72 Å². The monoisotopic (exact) mass is 381 g/mol. The lowest BCUT2D eigenvalue weighted by molar-refractivity contribution is -0.0328. The van der Waals surface area contributed by atoms with Crippen LogP contribution in [0.1, 0.15) is 10.5 Å². The molecule has 0 radical (unpaired) electrons. The van der Waals surface area contributed by atoms with E-state index < -0.39 is 11.5 Å². The minimum absolute atomic E-state index is 0.0478. The average Bonchev–Trinajstić information content (AvgIpc) is 2.46. The van der Waals surface area contributed by atoms with Crippen molar-refractivity contribution in [3.63, 3.8) is 0 Å². The van der Waals surface area contributed by atoms with Crippen LogP contribution in [0, 0.1) is 0 Å². The van der Waals surface area contributed by atoms with Gasteiger partial charge in [-0.2, -0.15) is 13.2 Å². The van der Waals surface area contributed by atoms with Crippen LogP contribution in [-0.2, 0) is 4.74 Å². The highest BCUT2D eigenvalue weighted by Gasteiger charge is 2.29. The molecule has 0 fully saturated rings. The highest BCUT2D eigenvalue weighted by atomic mass is 35.5. The summed E-state index contributed by atoms with van der Waals surface area (Å²) in [5.41, 5.74) is -3.83. The predicted octanol–water partition coefficient (Wildman–Crippen LogP) is 5.45. The van der Waals surface area contributed by atoms with E-state index in [0.29, 0.717) is 11.3 Å². The summed E-state index contributed by atoms with van der Waals surface area (Å²) in [5.74, 6) is -0.725. The van der Waals surface area contributed by atoms with Gasteiger partial charge in [0.2, 0.25) is 0 Å². The molecule has 2 rings (SSSR count). The Labute approximate surface area is 143 Å². The topological polar surface area (TPSA) is 39.2 Å². The fourth-order valence-electron chi connectivity index (χ4n) is 1.73. The number of aromatic nitrogens is 1. The Hall–Kier alpha value is -1.44. The van der Waals surface area contributed by atoms with Crippen LogP contribution in [0.2, 0.25) is 10.0 Å². The predicted molar refractivity (Wildman–Crippen MR) is 82.9 cm³/mol. The summed E-state index contributed by atoms with van der Waals surface area (Å²) in [5, 5.41) is 0.172. The number of thioether (sulfide) groups is 1. The van der Waals surface area contributed by atoms with Gasteiger partial charge in [-0.25, -0.2) is 9.78 Å². The van der Waals surface area contributed by atoms with E-state index in [1.54, 1.807) is 0 Å². The number of hydrogen-bond acceptors (Lipinski definition) is 4. The van der Waals surface area contributed by atoms with Gasteiger partial charge in [-0.05, 0) is 36.0 Å². The molecule has 3 nitrogen and oxygen atoms in total. The van der Waals surface area contributed by atoms with Crippen LogP contribution < -0.4 is 0 Å². The zero-order valence-electron chi connectivity index (χ0n) is 11.4. The molecule has 23 heavy (non-hydrogen) atoms. The van der Waals surface area contributed by atoms with Gasteiger partial charge < -0.3 is 4.74 Å². The number of nitrogens with zero attached hydrogens (tertiary/aromatic N) is 1. The van der Waals surface area contributed by atoms with Gasteiger partial charge in [0.15, 0.2) is 5.69 Å². The average molecular weight is 382 g/mol. The molecule has 1 aromatic heterocycles. The standard InChI is InChI=1S/C14H8Cl2F3NO2S/c1-22-13(21)12-9(15)4-5-11(20-12)8-3-2-7(6-10(8)16)23-14(17,18)19/h2-6H,1H3. The number of ether oxygens (including phenoxy) is 1. The second-order valence-corrected chi connectivity index (χ2v) is 6.16. The molecule has 0 atom stereocenters. The van der Waals surface area contributed by atoms with Crippen LogP contribution in [0.3, 0.4) is 0 Å². The SMILES string of the molecule is COC(=O)c1nc(-c2ccc(SC(F)(F)F)cc2Cl)ccc1Cl. The van der Waals surface area contributed by atoms with Crippen molar-refractivity contribution in [2.24, 2.45) is 0 Å². The first kappa shape index (κ1) is 17.9.